The van der Waals surface area contributed by atoms with E-state index in [1.165, 1.54) is 0 Å². The summed E-state index contributed by atoms with van der Waals surface area (Å²) in [6, 6.07) is -30.8. The van der Waals surface area contributed by atoms with Gasteiger partial charge in [0.15, 0.2) is 14.3 Å². The average Bonchev–Trinajstić information content (AvgIpc) is 1.49. The molecule has 0 aliphatic heterocycles. The fourth-order valence-corrected chi connectivity index (χ4v) is 12.6. The molecule has 0 atom stereocenters. The van der Waals surface area contributed by atoms with Crippen LogP contribution in [0.5, 0.6) is 0 Å². The molecule has 2 aliphatic rings. The highest BCUT2D eigenvalue weighted by molar-refractivity contribution is 7.85. The predicted octanol–water partition coefficient (Wildman–Crippen LogP) is 13.3. The Hall–Kier alpha value is -7.34. The first-order valence-electron chi connectivity index (χ1n) is 37.2. The van der Waals surface area contributed by atoms with E-state index >= 15 is 9.13 Å². The lowest BCUT2D eigenvalue weighted by molar-refractivity contribution is 0.591. The van der Waals surface area contributed by atoms with Crippen molar-refractivity contribution in [3.63, 3.8) is 0 Å². The Kier molecular flexibility index (Phi) is 4.45. The van der Waals surface area contributed by atoms with Gasteiger partial charge in [0.05, 0.1) is 52.0 Å². The summed E-state index contributed by atoms with van der Waals surface area (Å²) >= 11 is 0. The lowest BCUT2D eigenvalue weighted by Crippen LogP contribution is -2.26. The zero-order valence-electron chi connectivity index (χ0n) is 68.7. The molecule has 0 saturated carbocycles. The molecule has 0 fully saturated rings. The number of benzene rings is 10. The molecule has 2 nitrogen and oxygen atoms in total. The first kappa shape index (κ1) is 18.7. The zero-order chi connectivity index (χ0) is 74.9. The molecule has 0 bridgehead atoms. The average molecular weight is 931 g/mol. The minimum Gasteiger partial charge on any atom is -0.309 e. The maximum absolute atomic E-state index is 16.6. The number of aryl methyl sites for hydroxylation is 2. The highest BCUT2D eigenvalue weighted by Gasteiger charge is 2.52. The van der Waals surface area contributed by atoms with Gasteiger partial charge in [-0.15, -0.1) is 0 Å². The summed E-state index contributed by atoms with van der Waals surface area (Å²) in [4.78, 5) is 0. The molecule has 12 rings (SSSR count). The van der Waals surface area contributed by atoms with Crippen molar-refractivity contribution in [1.29, 1.82) is 0 Å². The van der Waals surface area contributed by atoms with Crippen LogP contribution in [-0.4, -0.2) is 0 Å². The fraction of sp³-hybridized carbons (Fsp3) is 0.0476. The SMILES string of the molecule is [2H]c1c([2H])c([2H])c(P(=O)(c2c([2H])c([2H])c([2H])c([2H])c2[2H])c2c([2H])c([2H])c(-c3c([2H])c([2H])c4c(c3[2H])C3(c5cc(C)ccc5-c5ccc(C)cc53)c3c([2H])c(-c5c([2H])c([2H])c(P(=O)(c6c([2H])c([2H])c([2H])c([2H])c6[2H])c6c([2H])c([2H])c([2H])c([2H])c6[2H])c([2H])c5[2H])c([2H])c([2H])c3-4)c([2H])c2[2H])c([2H])c1[2H]. The predicted molar refractivity (Wildman–Crippen MR) is 282 cm³/mol. The third-order valence-corrected chi connectivity index (χ3v) is 16.8. The summed E-state index contributed by atoms with van der Waals surface area (Å²) in [5.74, 6) is 0. The van der Waals surface area contributed by atoms with Gasteiger partial charge in [0.25, 0.3) is 0 Å². The zero-order valence-corrected chi connectivity index (χ0v) is 36.5. The van der Waals surface area contributed by atoms with E-state index in [0.717, 1.165) is 0 Å². The number of hydrogen-bond donors (Lipinski definition) is 0. The summed E-state index contributed by atoms with van der Waals surface area (Å²) in [6.07, 6.45) is 0. The second kappa shape index (κ2) is 15.9. The first-order chi connectivity index (χ1) is 46.9. The monoisotopic (exact) mass is 931 g/mol. The largest absolute Gasteiger partial charge is 0.309 e. The highest BCUT2D eigenvalue weighted by atomic mass is 31.2. The highest BCUT2D eigenvalue weighted by Crippen LogP contribution is 2.64. The molecule has 10 aromatic carbocycles. The van der Waals surface area contributed by atoms with Crippen molar-refractivity contribution < 1.29 is 55.7 Å². The third-order valence-electron chi connectivity index (χ3n) is 11.6. The molecule has 0 N–H and O–H groups in total. The van der Waals surface area contributed by atoms with Crippen molar-refractivity contribution in [2.75, 3.05) is 0 Å². The summed E-state index contributed by atoms with van der Waals surface area (Å²) < 4.78 is 346. The van der Waals surface area contributed by atoms with Gasteiger partial charge in [0.2, 0.25) is 0 Å². The molecule has 320 valence electrons. The Morgan fingerprint density at radius 2 is 0.627 bits per heavy atom. The quantitative estimate of drug-likeness (QED) is 0.142. The molecule has 0 saturated heterocycles. The van der Waals surface area contributed by atoms with Gasteiger partial charge in [-0.2, -0.15) is 0 Å². The Labute approximate surface area is 440 Å². The van der Waals surface area contributed by atoms with Gasteiger partial charge in [-0.25, -0.2) is 0 Å². The normalized spacial score (nSPS) is 20.3. The van der Waals surface area contributed by atoms with Crippen molar-refractivity contribution in [3.05, 3.63) is 275 Å². The molecule has 0 radical (unpaired) electrons. The smallest absolute Gasteiger partial charge is 0.171 e. The van der Waals surface area contributed by atoms with Crippen molar-refractivity contribution in [2.45, 2.75) is 19.3 Å². The van der Waals surface area contributed by atoms with Gasteiger partial charge in [-0.1, -0.05) is 241 Å². The van der Waals surface area contributed by atoms with Crippen LogP contribution >= 0.6 is 14.3 Å². The minimum absolute atomic E-state index is 0.160. The van der Waals surface area contributed by atoms with E-state index in [-0.39, 0.29) is 11.1 Å². The van der Waals surface area contributed by atoms with Gasteiger partial charge in [0, 0.05) is 31.8 Å². The van der Waals surface area contributed by atoms with Gasteiger partial charge in [-0.3, -0.25) is 0 Å². The maximum Gasteiger partial charge on any atom is 0.171 e. The molecule has 0 amide bonds. The minimum atomic E-state index is -5.96. The van der Waals surface area contributed by atoms with E-state index in [1.807, 2.05) is 0 Å². The van der Waals surface area contributed by atoms with E-state index in [0.29, 0.717) is 22.3 Å². The number of hydrogen-bond acceptors (Lipinski definition) is 2. The van der Waals surface area contributed by atoms with Gasteiger partial charge < -0.3 is 9.13 Å². The summed E-state index contributed by atoms with van der Waals surface area (Å²) in [5, 5.41) is -7.86. The molecule has 67 heavy (non-hydrogen) atoms. The number of rotatable bonds is 8. The van der Waals surface area contributed by atoms with Crippen LogP contribution in [-0.2, 0) is 14.5 Å². The van der Waals surface area contributed by atoms with E-state index < -0.39 is 301 Å². The van der Waals surface area contributed by atoms with Gasteiger partial charge in [-0.05, 0) is 92.7 Å². The van der Waals surface area contributed by atoms with Crippen LogP contribution in [0, 0.1) is 13.8 Å². The second-order valence-corrected chi connectivity index (χ2v) is 20.5. The van der Waals surface area contributed by atoms with Crippen molar-refractivity contribution >= 4 is 46.1 Å². The molecular weight excluding hydrogens is 851 g/mol. The van der Waals surface area contributed by atoms with Crippen LogP contribution in [0.3, 0.4) is 0 Å². The van der Waals surface area contributed by atoms with Crippen molar-refractivity contribution in [1.82, 2.24) is 0 Å². The fourth-order valence-electron chi connectivity index (χ4n) is 8.67. The van der Waals surface area contributed by atoms with E-state index in [1.54, 1.807) is 50.2 Å². The van der Waals surface area contributed by atoms with Crippen LogP contribution in [0.15, 0.2) is 242 Å². The van der Waals surface area contributed by atoms with Gasteiger partial charge >= 0.3 is 0 Å². The standard InChI is InChI=1S/C63H46O2P2/c1-43-23-35-55-56-36-24-44(2)40-60(56)63(59(55)39-43)61-41-47(45-25-31-53(32-26-45)66(64,49-15-7-3-8-16-49)50-17-9-4-10-18-50)29-37-57(61)58-38-30-48(42-62(58)63)46-27-33-54(34-28-46)67(65,51-19-11-5-12-20-51)52-21-13-6-14-22-52/h3-42H,1-2H3/i3D,4D,5D,6D,7D,8D,9D,10D,11D,12D,13D,14D,15D,16D,17D,18D,19D,20D,21D,22D,25D,26D,27D,28D,29D,30D,31D,32D,33D,34D,37D,38D,41D,42D. The van der Waals surface area contributed by atoms with Crippen molar-refractivity contribution in [2.24, 2.45) is 0 Å². The van der Waals surface area contributed by atoms with Gasteiger partial charge in [0.1, 0.15) is 0 Å². The topological polar surface area (TPSA) is 34.1 Å². The van der Waals surface area contributed by atoms with Crippen molar-refractivity contribution in [3.8, 4) is 44.5 Å². The Bertz CT molecular complexity index is 5040. The second-order valence-electron chi connectivity index (χ2n) is 15.4. The third kappa shape index (κ3) is 6.32. The van der Waals surface area contributed by atoms with Crippen LogP contribution in [0.4, 0.5) is 0 Å². The van der Waals surface area contributed by atoms with Crippen LogP contribution in [0.1, 0.15) is 80.0 Å². The molecule has 4 heteroatoms. The molecule has 0 unspecified atom stereocenters. The summed E-state index contributed by atoms with van der Waals surface area (Å²) in [6.45, 7) is 3.31. The molecular formula is C63H46O2P2. The van der Waals surface area contributed by atoms with Crippen LogP contribution < -0.4 is 31.8 Å². The molecule has 2 aliphatic carbocycles. The molecule has 0 heterocycles. The van der Waals surface area contributed by atoms with E-state index in [4.69, 9.17) is 27.4 Å². The first-order valence-corrected chi connectivity index (χ1v) is 23.6. The Balaban J connectivity index is 1.22. The molecule has 0 aromatic heterocycles. The van der Waals surface area contributed by atoms with Crippen LogP contribution in [0.25, 0.3) is 44.5 Å². The summed E-state index contributed by atoms with van der Waals surface area (Å²) in [5.41, 5.74) is -5.95. The lowest BCUT2D eigenvalue weighted by atomic mass is 9.69. The van der Waals surface area contributed by atoms with Crippen LogP contribution in [0.2, 0.25) is 0 Å². The molecule has 1 spiro atoms. The van der Waals surface area contributed by atoms with E-state index in [2.05, 4.69) is 0 Å². The van der Waals surface area contributed by atoms with E-state index in [9.17, 15) is 19.2 Å². The summed E-state index contributed by atoms with van der Waals surface area (Å²) in [7, 11) is -11.9. The Morgan fingerprint density at radius 3 is 0.955 bits per heavy atom. The lowest BCUT2D eigenvalue weighted by Gasteiger charge is -2.31. The maximum atomic E-state index is 16.6. The Morgan fingerprint density at radius 1 is 0.328 bits per heavy atom. The number of fused-ring (bicyclic) bond motifs is 10. The molecule has 10 aromatic rings.